The third-order valence-corrected chi connectivity index (χ3v) is 5.37. The van der Waals surface area contributed by atoms with Crippen LogP contribution in [0.3, 0.4) is 0 Å². The average molecular weight is 380 g/mol. The van der Waals surface area contributed by atoms with Gasteiger partial charge in [0.25, 0.3) is 5.91 Å². The monoisotopic (exact) mass is 380 g/mol. The number of benzene rings is 2. The van der Waals surface area contributed by atoms with Gasteiger partial charge in [-0.15, -0.1) is 0 Å². The van der Waals surface area contributed by atoms with E-state index in [0.29, 0.717) is 18.8 Å². The zero-order valence-electron chi connectivity index (χ0n) is 15.9. The first-order valence-corrected chi connectivity index (χ1v) is 9.72. The molecule has 1 heterocycles. The highest BCUT2D eigenvalue weighted by molar-refractivity contribution is 6.07. The topological polar surface area (TPSA) is 67.9 Å². The number of nitrogens with one attached hydrogen (secondary N) is 1. The Morgan fingerprint density at radius 2 is 1.75 bits per heavy atom. The van der Waals surface area contributed by atoms with Crippen molar-refractivity contribution >= 4 is 11.9 Å². The molecule has 2 aromatic rings. The minimum absolute atomic E-state index is 0.181. The van der Waals surface area contributed by atoms with Gasteiger partial charge in [0.15, 0.2) is 0 Å². The summed E-state index contributed by atoms with van der Waals surface area (Å²) < 4.78 is 11.1. The van der Waals surface area contributed by atoms with Gasteiger partial charge in [-0.1, -0.05) is 24.3 Å². The average Bonchev–Trinajstić information content (AvgIpc) is 2.94. The van der Waals surface area contributed by atoms with Crippen LogP contribution in [0.2, 0.25) is 0 Å². The van der Waals surface area contributed by atoms with Crippen LogP contribution in [0.4, 0.5) is 4.79 Å². The number of hydrogen-bond acceptors (Lipinski definition) is 4. The number of ether oxygens (including phenoxy) is 2. The molecule has 3 amide bonds. The molecule has 2 aromatic carbocycles. The van der Waals surface area contributed by atoms with E-state index in [1.54, 1.807) is 0 Å². The van der Waals surface area contributed by atoms with E-state index in [4.69, 9.17) is 9.47 Å². The van der Waals surface area contributed by atoms with Crippen LogP contribution < -0.4 is 14.8 Å². The quantitative estimate of drug-likeness (QED) is 0.781. The van der Waals surface area contributed by atoms with E-state index in [-0.39, 0.29) is 25.1 Å². The number of rotatable bonds is 6. The molecule has 1 atom stereocenters. The Morgan fingerprint density at radius 1 is 1.04 bits per heavy atom. The van der Waals surface area contributed by atoms with Crippen molar-refractivity contribution in [2.24, 2.45) is 0 Å². The molecule has 1 spiro atoms. The number of carbonyl (C=O) groups is 2. The van der Waals surface area contributed by atoms with Crippen molar-refractivity contribution in [3.63, 3.8) is 0 Å². The highest BCUT2D eigenvalue weighted by Gasteiger charge is 2.53. The third kappa shape index (κ3) is 3.19. The highest BCUT2D eigenvalue weighted by atomic mass is 16.5. The predicted molar refractivity (Wildman–Crippen MR) is 104 cm³/mol. The number of aryl methyl sites for hydroxylation is 1. The van der Waals surface area contributed by atoms with Gasteiger partial charge in [-0.05, 0) is 61.6 Å². The van der Waals surface area contributed by atoms with Crippen molar-refractivity contribution in [3.8, 4) is 11.5 Å². The van der Waals surface area contributed by atoms with Crippen LogP contribution in [0.15, 0.2) is 48.5 Å². The lowest BCUT2D eigenvalue weighted by Crippen LogP contribution is -2.46. The van der Waals surface area contributed by atoms with Crippen LogP contribution in [0.1, 0.15) is 30.9 Å². The van der Waals surface area contributed by atoms with Gasteiger partial charge >= 0.3 is 6.03 Å². The summed E-state index contributed by atoms with van der Waals surface area (Å²) in [6.07, 6.45) is 2.44. The van der Waals surface area contributed by atoms with Crippen molar-refractivity contribution in [2.75, 3.05) is 19.8 Å². The molecule has 0 radical (unpaired) electrons. The number of hydrogen-bond donors (Lipinski definition) is 1. The summed E-state index contributed by atoms with van der Waals surface area (Å²) in [7, 11) is 0. The van der Waals surface area contributed by atoms with Crippen LogP contribution in [-0.2, 0) is 16.8 Å². The van der Waals surface area contributed by atoms with E-state index in [2.05, 4.69) is 5.32 Å². The minimum atomic E-state index is -0.926. The predicted octanol–water partition coefficient (Wildman–Crippen LogP) is 3.25. The first kappa shape index (κ1) is 18.3. The second-order valence-corrected chi connectivity index (χ2v) is 7.06. The van der Waals surface area contributed by atoms with E-state index >= 15 is 0 Å². The van der Waals surface area contributed by atoms with E-state index < -0.39 is 5.54 Å². The summed E-state index contributed by atoms with van der Waals surface area (Å²) in [4.78, 5) is 27.0. The summed E-state index contributed by atoms with van der Waals surface area (Å²) in [6.45, 7) is 2.99. The molecular formula is C22H24N2O4. The summed E-state index contributed by atoms with van der Waals surface area (Å²) in [6, 6.07) is 14.8. The molecule has 1 saturated heterocycles. The normalized spacial score (nSPS) is 20.8. The molecule has 1 aliphatic heterocycles. The fourth-order valence-corrected chi connectivity index (χ4v) is 4.07. The number of urea groups is 1. The second kappa shape index (κ2) is 7.54. The molecular weight excluding hydrogens is 356 g/mol. The Hall–Kier alpha value is -3.02. The maximum absolute atomic E-state index is 13.2. The minimum Gasteiger partial charge on any atom is -0.494 e. The molecule has 1 aliphatic carbocycles. The number of fused-ring (bicyclic) bond motifs is 2. The van der Waals surface area contributed by atoms with Crippen molar-refractivity contribution < 1.29 is 19.1 Å². The standard InChI is InChI=1S/C22H24N2O4/c1-2-27-17-9-11-18(12-10-17)28-15-14-24-20(25)22(23-21(24)26)13-5-7-16-6-3-4-8-19(16)22/h3-4,6,8-12H,2,5,7,13-15H2,1H3,(H,23,26)/t22-/m0/s1. The zero-order chi connectivity index (χ0) is 19.6. The Labute approximate surface area is 164 Å². The van der Waals surface area contributed by atoms with Crippen LogP contribution in [0, 0.1) is 0 Å². The van der Waals surface area contributed by atoms with Crippen LogP contribution >= 0.6 is 0 Å². The van der Waals surface area contributed by atoms with E-state index in [0.717, 1.165) is 29.7 Å². The van der Waals surface area contributed by atoms with Crippen molar-refractivity contribution in [1.82, 2.24) is 10.2 Å². The van der Waals surface area contributed by atoms with E-state index in [9.17, 15) is 9.59 Å². The molecule has 1 fully saturated rings. The molecule has 0 saturated carbocycles. The van der Waals surface area contributed by atoms with Gasteiger partial charge in [0.2, 0.25) is 0 Å². The first-order valence-electron chi connectivity index (χ1n) is 9.72. The molecule has 4 rings (SSSR count). The summed E-state index contributed by atoms with van der Waals surface area (Å²) >= 11 is 0. The van der Waals surface area contributed by atoms with Crippen molar-refractivity contribution in [2.45, 2.75) is 31.7 Å². The van der Waals surface area contributed by atoms with Gasteiger partial charge in [0.1, 0.15) is 23.6 Å². The van der Waals surface area contributed by atoms with Gasteiger partial charge < -0.3 is 14.8 Å². The first-order chi connectivity index (χ1) is 13.6. The lowest BCUT2D eigenvalue weighted by atomic mass is 9.76. The Bertz CT molecular complexity index is 880. The van der Waals surface area contributed by atoms with E-state index in [1.807, 2.05) is 55.5 Å². The largest absolute Gasteiger partial charge is 0.494 e. The maximum atomic E-state index is 13.2. The number of nitrogens with zero attached hydrogens (tertiary/aromatic N) is 1. The summed E-state index contributed by atoms with van der Waals surface area (Å²) in [5, 5.41) is 2.96. The van der Waals surface area contributed by atoms with Gasteiger partial charge in [-0.2, -0.15) is 0 Å². The molecule has 6 nitrogen and oxygen atoms in total. The van der Waals surface area contributed by atoms with E-state index in [1.165, 1.54) is 4.90 Å². The lowest BCUT2D eigenvalue weighted by molar-refractivity contribution is -0.132. The number of carbonyl (C=O) groups excluding carboxylic acids is 2. The fraction of sp³-hybridized carbons (Fsp3) is 0.364. The van der Waals surface area contributed by atoms with Gasteiger partial charge in [-0.25, -0.2) is 4.79 Å². The van der Waals surface area contributed by atoms with Crippen LogP contribution in [-0.4, -0.2) is 36.6 Å². The molecule has 6 heteroatoms. The SMILES string of the molecule is CCOc1ccc(OCCN2C(=O)N[C@]3(CCCc4ccccc43)C2=O)cc1. The molecule has 0 bridgehead atoms. The molecule has 146 valence electrons. The highest BCUT2D eigenvalue weighted by Crippen LogP contribution is 2.39. The molecule has 2 aliphatic rings. The van der Waals surface area contributed by atoms with Crippen molar-refractivity contribution in [3.05, 3.63) is 59.7 Å². The Morgan fingerprint density at radius 3 is 2.50 bits per heavy atom. The van der Waals surface area contributed by atoms with Crippen LogP contribution in [0.5, 0.6) is 11.5 Å². The molecule has 0 aromatic heterocycles. The number of imide groups is 1. The van der Waals surface area contributed by atoms with Gasteiger partial charge in [-0.3, -0.25) is 9.69 Å². The fourth-order valence-electron chi connectivity index (χ4n) is 4.07. The molecule has 0 unspecified atom stereocenters. The summed E-state index contributed by atoms with van der Waals surface area (Å²) in [5.41, 5.74) is 1.13. The maximum Gasteiger partial charge on any atom is 0.325 e. The smallest absolute Gasteiger partial charge is 0.325 e. The van der Waals surface area contributed by atoms with Gasteiger partial charge in [0.05, 0.1) is 13.2 Å². The molecule has 28 heavy (non-hydrogen) atoms. The lowest BCUT2D eigenvalue weighted by Gasteiger charge is -2.33. The van der Waals surface area contributed by atoms with Crippen LogP contribution in [0.25, 0.3) is 0 Å². The second-order valence-electron chi connectivity index (χ2n) is 7.06. The zero-order valence-corrected chi connectivity index (χ0v) is 15.9. The number of amides is 3. The Balaban J connectivity index is 1.43. The Kier molecular flexibility index (Phi) is 4.94. The van der Waals surface area contributed by atoms with Gasteiger partial charge in [0, 0.05) is 0 Å². The summed E-state index contributed by atoms with van der Waals surface area (Å²) in [5.74, 6) is 1.27. The van der Waals surface area contributed by atoms with Crippen molar-refractivity contribution in [1.29, 1.82) is 0 Å². The molecule has 1 N–H and O–H groups in total. The third-order valence-electron chi connectivity index (χ3n) is 5.37.